The van der Waals surface area contributed by atoms with Gasteiger partial charge in [0.25, 0.3) is 0 Å². The van der Waals surface area contributed by atoms with Crippen molar-refractivity contribution >= 4 is 0 Å². The van der Waals surface area contributed by atoms with Crippen LogP contribution < -0.4 is 4.98 Å². The third-order valence-corrected chi connectivity index (χ3v) is 2.27. The third-order valence-electron chi connectivity index (χ3n) is 2.27. The first-order valence-corrected chi connectivity index (χ1v) is 4.93. The molecule has 102 valence electrons. The number of hydrogen-bond acceptors (Lipinski definition) is 1. The SMILES string of the molecule is FC(F)(F)c1cc(C(F)(F)F)c(-c2ccccn2)[n-]1. The molecule has 2 aromatic rings. The van der Waals surface area contributed by atoms with Gasteiger partial charge in [0, 0.05) is 17.5 Å². The third kappa shape index (κ3) is 2.72. The topological polar surface area (TPSA) is 27.0 Å². The van der Waals surface area contributed by atoms with Crippen LogP contribution in [-0.2, 0) is 12.4 Å². The highest BCUT2D eigenvalue weighted by Crippen LogP contribution is 2.39. The number of alkyl halides is 6. The lowest BCUT2D eigenvalue weighted by Crippen LogP contribution is -2.06. The zero-order valence-electron chi connectivity index (χ0n) is 9.05. The average molecular weight is 279 g/mol. The summed E-state index contributed by atoms with van der Waals surface area (Å²) in [7, 11) is 0. The van der Waals surface area contributed by atoms with Gasteiger partial charge in [0.1, 0.15) is 0 Å². The van der Waals surface area contributed by atoms with Crippen molar-refractivity contribution in [1.29, 1.82) is 0 Å². The Morgan fingerprint density at radius 3 is 2.11 bits per heavy atom. The van der Waals surface area contributed by atoms with Crippen molar-refractivity contribution in [3.63, 3.8) is 0 Å². The molecule has 0 saturated heterocycles. The molecule has 0 bridgehead atoms. The summed E-state index contributed by atoms with van der Waals surface area (Å²) in [4.78, 5) is 6.60. The second-order valence-corrected chi connectivity index (χ2v) is 3.61. The minimum absolute atomic E-state index is 0.00991. The Morgan fingerprint density at radius 1 is 0.947 bits per heavy atom. The largest absolute Gasteiger partial charge is 0.652 e. The van der Waals surface area contributed by atoms with E-state index in [1.165, 1.54) is 18.3 Å². The molecule has 0 aliphatic rings. The molecule has 0 unspecified atom stereocenters. The Bertz CT molecular complexity index is 567. The molecule has 0 radical (unpaired) electrons. The van der Waals surface area contributed by atoms with Gasteiger partial charge in [-0.3, -0.25) is 4.98 Å². The highest BCUT2D eigenvalue weighted by molar-refractivity contribution is 5.61. The molecule has 0 N–H and O–H groups in total. The molecule has 0 saturated carbocycles. The Kier molecular flexibility index (Phi) is 3.03. The highest BCUT2D eigenvalue weighted by atomic mass is 19.4. The quantitative estimate of drug-likeness (QED) is 0.743. The van der Waals surface area contributed by atoms with E-state index in [0.717, 1.165) is 6.07 Å². The van der Waals surface area contributed by atoms with Crippen molar-refractivity contribution in [1.82, 2.24) is 9.97 Å². The molecule has 0 amide bonds. The zero-order chi connectivity index (χ0) is 14.3. The lowest BCUT2D eigenvalue weighted by atomic mass is 10.1. The summed E-state index contributed by atoms with van der Waals surface area (Å²) in [6.45, 7) is 0. The van der Waals surface area contributed by atoms with Crippen LogP contribution in [0.3, 0.4) is 0 Å². The zero-order valence-corrected chi connectivity index (χ0v) is 9.05. The molecule has 0 atom stereocenters. The fourth-order valence-corrected chi connectivity index (χ4v) is 1.48. The number of halogens is 6. The minimum Gasteiger partial charge on any atom is -0.652 e. The van der Waals surface area contributed by atoms with E-state index >= 15 is 0 Å². The maximum atomic E-state index is 12.7. The van der Waals surface area contributed by atoms with Crippen LogP contribution in [0.15, 0.2) is 30.5 Å². The van der Waals surface area contributed by atoms with Crippen LogP contribution in [0.1, 0.15) is 11.3 Å². The van der Waals surface area contributed by atoms with E-state index in [4.69, 9.17) is 0 Å². The van der Waals surface area contributed by atoms with E-state index < -0.39 is 29.3 Å². The molecule has 2 aromatic heterocycles. The van der Waals surface area contributed by atoms with E-state index in [1.807, 2.05) is 0 Å². The molecular weight excluding hydrogens is 274 g/mol. The number of aromatic nitrogens is 2. The monoisotopic (exact) mass is 279 g/mol. The van der Waals surface area contributed by atoms with Gasteiger partial charge in [0.2, 0.25) is 0 Å². The van der Waals surface area contributed by atoms with Crippen molar-refractivity contribution in [2.45, 2.75) is 12.4 Å². The second-order valence-electron chi connectivity index (χ2n) is 3.61. The molecule has 0 aromatic carbocycles. The van der Waals surface area contributed by atoms with Gasteiger partial charge in [-0.15, -0.1) is 0 Å². The van der Waals surface area contributed by atoms with Gasteiger partial charge in [-0.05, 0) is 12.1 Å². The Morgan fingerprint density at radius 2 is 1.63 bits per heavy atom. The molecule has 2 nitrogen and oxygen atoms in total. The number of rotatable bonds is 1. The van der Waals surface area contributed by atoms with E-state index in [2.05, 4.69) is 9.97 Å². The molecule has 19 heavy (non-hydrogen) atoms. The summed E-state index contributed by atoms with van der Waals surface area (Å²) < 4.78 is 75.4. The summed E-state index contributed by atoms with van der Waals surface area (Å²) in [5, 5.41) is 0. The van der Waals surface area contributed by atoms with Gasteiger partial charge in [0.15, 0.2) is 0 Å². The standard InChI is InChI=1S/C11H5F6N2/c12-10(13,14)6-5-8(11(15,16)17)19-9(6)7-3-1-2-4-18-7/h1-5H/q-1. The predicted molar refractivity (Wildman–Crippen MR) is 53.0 cm³/mol. The molecule has 0 fully saturated rings. The van der Waals surface area contributed by atoms with Crippen LogP contribution in [0, 0.1) is 0 Å². The smallest absolute Gasteiger partial charge is 0.415 e. The van der Waals surface area contributed by atoms with E-state index in [0.29, 0.717) is 0 Å². The summed E-state index contributed by atoms with van der Waals surface area (Å²) in [5.74, 6) is 0. The van der Waals surface area contributed by atoms with Crippen molar-refractivity contribution < 1.29 is 26.3 Å². The summed E-state index contributed by atoms with van der Waals surface area (Å²) in [6, 6.07) is 3.95. The lowest BCUT2D eigenvalue weighted by molar-refractivity contribution is -0.142. The molecule has 0 spiro atoms. The maximum absolute atomic E-state index is 12.7. The maximum Gasteiger partial charge on any atom is 0.415 e. The second kappa shape index (κ2) is 4.29. The number of pyridine rings is 1. The number of hydrogen-bond donors (Lipinski definition) is 0. The molecule has 8 heteroatoms. The first-order chi connectivity index (χ1) is 8.69. The normalized spacial score (nSPS) is 12.7. The van der Waals surface area contributed by atoms with Gasteiger partial charge >= 0.3 is 12.4 Å². The fraction of sp³-hybridized carbons (Fsp3) is 0.182. The van der Waals surface area contributed by atoms with Gasteiger partial charge < -0.3 is 4.98 Å². The average Bonchev–Trinajstić information content (AvgIpc) is 2.74. The molecule has 2 rings (SSSR count). The van der Waals surface area contributed by atoms with E-state index in [-0.39, 0.29) is 11.8 Å². The highest BCUT2D eigenvalue weighted by Gasteiger charge is 2.36. The van der Waals surface area contributed by atoms with E-state index in [9.17, 15) is 26.3 Å². The van der Waals surface area contributed by atoms with Crippen molar-refractivity contribution in [2.24, 2.45) is 0 Å². The molecule has 0 aliphatic heterocycles. The van der Waals surface area contributed by atoms with Gasteiger partial charge in [-0.2, -0.15) is 26.3 Å². The predicted octanol–water partition coefficient (Wildman–Crippen LogP) is 3.74. The van der Waals surface area contributed by atoms with Crippen LogP contribution in [-0.4, -0.2) is 4.98 Å². The van der Waals surface area contributed by atoms with Gasteiger partial charge in [-0.25, -0.2) is 0 Å². The minimum atomic E-state index is -4.94. The van der Waals surface area contributed by atoms with E-state index in [1.54, 1.807) is 0 Å². The van der Waals surface area contributed by atoms with Gasteiger partial charge in [0.05, 0.1) is 0 Å². The Labute approximate surface area is 103 Å². The Balaban J connectivity index is 2.63. The first kappa shape index (κ1) is 13.4. The fourth-order valence-electron chi connectivity index (χ4n) is 1.48. The molecular formula is C11H5F6N2-. The van der Waals surface area contributed by atoms with Crippen molar-refractivity contribution in [3.05, 3.63) is 41.7 Å². The molecule has 0 aliphatic carbocycles. The first-order valence-electron chi connectivity index (χ1n) is 4.93. The number of nitrogens with zero attached hydrogens (tertiary/aromatic N) is 2. The summed E-state index contributed by atoms with van der Waals surface area (Å²) in [5.41, 5.74) is -4.11. The van der Waals surface area contributed by atoms with Crippen molar-refractivity contribution in [2.75, 3.05) is 0 Å². The van der Waals surface area contributed by atoms with Crippen molar-refractivity contribution in [3.8, 4) is 11.4 Å². The van der Waals surface area contributed by atoms with Crippen LogP contribution in [0.4, 0.5) is 26.3 Å². The lowest BCUT2D eigenvalue weighted by Gasteiger charge is -2.14. The molecule has 2 heterocycles. The van der Waals surface area contributed by atoms with Crippen LogP contribution >= 0.6 is 0 Å². The summed E-state index contributed by atoms with van der Waals surface area (Å²) >= 11 is 0. The van der Waals surface area contributed by atoms with Crippen LogP contribution in [0.5, 0.6) is 0 Å². The Hall–Kier alpha value is -1.99. The van der Waals surface area contributed by atoms with Crippen LogP contribution in [0.25, 0.3) is 11.4 Å². The van der Waals surface area contributed by atoms with Gasteiger partial charge in [-0.1, -0.05) is 23.5 Å². The summed E-state index contributed by atoms with van der Waals surface area (Å²) in [6.07, 6.45) is -8.69. The van der Waals surface area contributed by atoms with Crippen LogP contribution in [0.2, 0.25) is 0 Å².